The maximum absolute atomic E-state index is 3.29. The lowest BCUT2D eigenvalue weighted by molar-refractivity contribution is 0.377. The van der Waals surface area contributed by atoms with E-state index in [0.29, 0.717) is 5.92 Å². The zero-order valence-electron chi connectivity index (χ0n) is 11.1. The molecule has 1 heterocycles. The molecule has 1 aromatic rings. The summed E-state index contributed by atoms with van der Waals surface area (Å²) in [7, 11) is 4.23. The van der Waals surface area contributed by atoms with Gasteiger partial charge in [-0.3, -0.25) is 0 Å². The zero-order valence-corrected chi connectivity index (χ0v) is 11.9. The molecule has 0 aliphatic heterocycles. The standard InChI is InChI=1S/C13H24N2S/c1-10(2)12(8-14-4)9-15(5)13-11(3)6-7-16-13/h6-7,10,12,14H,8-9H2,1-5H3. The fourth-order valence-electron chi connectivity index (χ4n) is 1.96. The smallest absolute Gasteiger partial charge is 0.0935 e. The average molecular weight is 240 g/mol. The van der Waals surface area contributed by atoms with Crippen molar-refractivity contribution in [1.29, 1.82) is 0 Å². The maximum Gasteiger partial charge on any atom is 0.0935 e. The number of nitrogens with zero attached hydrogens (tertiary/aromatic N) is 1. The van der Waals surface area contributed by atoms with E-state index >= 15 is 0 Å². The largest absolute Gasteiger partial charge is 0.366 e. The van der Waals surface area contributed by atoms with E-state index in [4.69, 9.17) is 0 Å². The van der Waals surface area contributed by atoms with Gasteiger partial charge in [0.25, 0.3) is 0 Å². The Balaban J connectivity index is 2.61. The monoisotopic (exact) mass is 240 g/mol. The lowest BCUT2D eigenvalue weighted by Crippen LogP contribution is -2.34. The molecule has 0 radical (unpaired) electrons. The predicted molar refractivity (Wildman–Crippen MR) is 74.6 cm³/mol. The van der Waals surface area contributed by atoms with Crippen LogP contribution in [0.2, 0.25) is 0 Å². The third-order valence-corrected chi connectivity index (χ3v) is 4.23. The van der Waals surface area contributed by atoms with Gasteiger partial charge in [0.15, 0.2) is 0 Å². The highest BCUT2D eigenvalue weighted by Gasteiger charge is 2.16. The minimum Gasteiger partial charge on any atom is -0.366 e. The molecule has 1 N–H and O–H groups in total. The molecule has 1 rings (SSSR count). The summed E-state index contributed by atoms with van der Waals surface area (Å²) in [6.07, 6.45) is 0. The van der Waals surface area contributed by atoms with Gasteiger partial charge < -0.3 is 10.2 Å². The second kappa shape index (κ2) is 6.26. The first-order valence-corrected chi connectivity index (χ1v) is 6.84. The van der Waals surface area contributed by atoms with Gasteiger partial charge in [-0.15, -0.1) is 11.3 Å². The maximum atomic E-state index is 3.29. The molecule has 1 unspecified atom stereocenters. The van der Waals surface area contributed by atoms with Gasteiger partial charge in [-0.1, -0.05) is 13.8 Å². The van der Waals surface area contributed by atoms with Gasteiger partial charge in [0.2, 0.25) is 0 Å². The molecule has 0 spiro atoms. The first-order chi connectivity index (χ1) is 7.56. The molecule has 0 aliphatic carbocycles. The van der Waals surface area contributed by atoms with E-state index < -0.39 is 0 Å². The van der Waals surface area contributed by atoms with Crippen LogP contribution in [0.15, 0.2) is 11.4 Å². The summed E-state index contributed by atoms with van der Waals surface area (Å²) in [6.45, 7) is 9.01. The zero-order chi connectivity index (χ0) is 12.1. The molecular formula is C13H24N2S. The van der Waals surface area contributed by atoms with E-state index in [-0.39, 0.29) is 0 Å². The van der Waals surface area contributed by atoms with Gasteiger partial charge >= 0.3 is 0 Å². The molecule has 16 heavy (non-hydrogen) atoms. The van der Waals surface area contributed by atoms with Crippen molar-refractivity contribution < 1.29 is 0 Å². The van der Waals surface area contributed by atoms with Gasteiger partial charge in [0.1, 0.15) is 0 Å². The summed E-state index contributed by atoms with van der Waals surface area (Å²) in [5, 5.41) is 6.87. The predicted octanol–water partition coefficient (Wildman–Crippen LogP) is 2.98. The summed E-state index contributed by atoms with van der Waals surface area (Å²) in [4.78, 5) is 2.39. The van der Waals surface area contributed by atoms with E-state index in [1.165, 1.54) is 10.6 Å². The van der Waals surface area contributed by atoms with Crippen LogP contribution in [-0.2, 0) is 0 Å². The van der Waals surface area contributed by atoms with Crippen molar-refractivity contribution in [3.63, 3.8) is 0 Å². The van der Waals surface area contributed by atoms with Crippen LogP contribution in [-0.4, -0.2) is 27.2 Å². The van der Waals surface area contributed by atoms with Crippen LogP contribution in [0, 0.1) is 18.8 Å². The SMILES string of the molecule is CNCC(CN(C)c1sccc1C)C(C)C. The molecule has 0 bridgehead atoms. The van der Waals surface area contributed by atoms with Crippen LogP contribution in [0.1, 0.15) is 19.4 Å². The molecule has 1 aromatic heterocycles. The third kappa shape index (κ3) is 3.49. The van der Waals surface area contributed by atoms with Crippen molar-refractivity contribution in [3.8, 4) is 0 Å². The normalized spacial score (nSPS) is 13.1. The number of anilines is 1. The first kappa shape index (κ1) is 13.5. The fraction of sp³-hybridized carbons (Fsp3) is 0.692. The summed E-state index contributed by atoms with van der Waals surface area (Å²) in [5.74, 6) is 1.42. The molecule has 0 aliphatic rings. The van der Waals surface area contributed by atoms with E-state index in [2.05, 4.69) is 49.5 Å². The highest BCUT2D eigenvalue weighted by molar-refractivity contribution is 7.14. The molecule has 0 aromatic carbocycles. The van der Waals surface area contributed by atoms with E-state index in [9.17, 15) is 0 Å². The minimum absolute atomic E-state index is 0.705. The van der Waals surface area contributed by atoms with Crippen LogP contribution in [0.25, 0.3) is 0 Å². The van der Waals surface area contributed by atoms with Gasteiger partial charge in [-0.25, -0.2) is 0 Å². The number of rotatable bonds is 6. The Kier molecular flexibility index (Phi) is 5.29. The molecule has 92 valence electrons. The first-order valence-electron chi connectivity index (χ1n) is 5.96. The van der Waals surface area contributed by atoms with E-state index in [1.807, 2.05) is 18.4 Å². The third-order valence-electron chi connectivity index (χ3n) is 3.10. The lowest BCUT2D eigenvalue weighted by atomic mass is 9.95. The van der Waals surface area contributed by atoms with Crippen molar-refractivity contribution in [3.05, 3.63) is 17.0 Å². The van der Waals surface area contributed by atoms with Gasteiger partial charge in [-0.2, -0.15) is 0 Å². The van der Waals surface area contributed by atoms with Crippen LogP contribution < -0.4 is 10.2 Å². The summed E-state index contributed by atoms with van der Waals surface area (Å²) in [6, 6.07) is 2.19. The fourth-order valence-corrected chi connectivity index (χ4v) is 2.87. The van der Waals surface area contributed by atoms with Crippen LogP contribution >= 0.6 is 11.3 Å². The molecule has 0 amide bonds. The minimum atomic E-state index is 0.705. The lowest BCUT2D eigenvalue weighted by Gasteiger charge is -2.27. The summed E-state index contributed by atoms with van der Waals surface area (Å²) >= 11 is 1.83. The second-order valence-electron chi connectivity index (χ2n) is 4.85. The van der Waals surface area contributed by atoms with Crippen molar-refractivity contribution in [2.45, 2.75) is 20.8 Å². The number of nitrogens with one attached hydrogen (secondary N) is 1. The Bertz CT molecular complexity index is 307. The number of hydrogen-bond donors (Lipinski definition) is 1. The van der Waals surface area contributed by atoms with Crippen molar-refractivity contribution in [1.82, 2.24) is 5.32 Å². The quantitative estimate of drug-likeness (QED) is 0.822. The number of hydrogen-bond acceptors (Lipinski definition) is 3. The average Bonchev–Trinajstić information content (AvgIpc) is 2.63. The molecular weight excluding hydrogens is 216 g/mol. The van der Waals surface area contributed by atoms with Gasteiger partial charge in [0.05, 0.1) is 5.00 Å². The van der Waals surface area contributed by atoms with Crippen LogP contribution in [0.4, 0.5) is 5.00 Å². The van der Waals surface area contributed by atoms with Crippen LogP contribution in [0.3, 0.4) is 0 Å². The van der Waals surface area contributed by atoms with Gasteiger partial charge in [-0.05, 0) is 49.4 Å². The molecule has 0 fully saturated rings. The Morgan fingerprint density at radius 2 is 2.12 bits per heavy atom. The Labute approximate surface area is 104 Å². The Morgan fingerprint density at radius 1 is 1.44 bits per heavy atom. The molecule has 1 atom stereocenters. The Hall–Kier alpha value is -0.540. The molecule has 2 nitrogen and oxygen atoms in total. The number of aryl methyl sites for hydroxylation is 1. The number of thiophene rings is 1. The topological polar surface area (TPSA) is 15.3 Å². The van der Waals surface area contributed by atoms with Crippen molar-refractivity contribution in [2.24, 2.45) is 11.8 Å². The summed E-state index contributed by atoms with van der Waals surface area (Å²) < 4.78 is 0. The van der Waals surface area contributed by atoms with Crippen molar-refractivity contribution >= 4 is 16.3 Å². The van der Waals surface area contributed by atoms with Gasteiger partial charge in [0, 0.05) is 13.6 Å². The second-order valence-corrected chi connectivity index (χ2v) is 5.75. The molecule has 0 saturated carbocycles. The molecule has 3 heteroatoms. The van der Waals surface area contributed by atoms with Crippen molar-refractivity contribution in [2.75, 3.05) is 32.1 Å². The van der Waals surface area contributed by atoms with E-state index in [0.717, 1.165) is 19.0 Å². The molecule has 0 saturated heterocycles. The van der Waals surface area contributed by atoms with Crippen LogP contribution in [0.5, 0.6) is 0 Å². The Morgan fingerprint density at radius 3 is 2.56 bits per heavy atom. The van der Waals surface area contributed by atoms with E-state index in [1.54, 1.807) is 0 Å². The highest BCUT2D eigenvalue weighted by atomic mass is 32.1. The highest BCUT2D eigenvalue weighted by Crippen LogP contribution is 2.27. The summed E-state index contributed by atoms with van der Waals surface area (Å²) in [5.41, 5.74) is 1.39.